The van der Waals surface area contributed by atoms with Gasteiger partial charge in [-0.25, -0.2) is 0 Å². The Balaban J connectivity index is 2.38. The number of amides is 1. The van der Waals surface area contributed by atoms with Gasteiger partial charge in [0.25, 0.3) is 0 Å². The molecule has 0 heterocycles. The molecule has 0 aliphatic heterocycles. The predicted octanol–water partition coefficient (Wildman–Crippen LogP) is 1.05. The number of nitrogens with one attached hydrogen (secondary N) is 1. The van der Waals surface area contributed by atoms with Crippen molar-refractivity contribution in [2.24, 2.45) is 11.1 Å². The van der Waals surface area contributed by atoms with Crippen LogP contribution in [0.3, 0.4) is 0 Å². The minimum Gasteiger partial charge on any atom is -0.377 e. The minimum absolute atomic E-state index is 0.0742. The van der Waals surface area contributed by atoms with E-state index in [9.17, 15) is 4.79 Å². The molecule has 1 saturated carbocycles. The predicted molar refractivity (Wildman–Crippen MR) is 64.1 cm³/mol. The van der Waals surface area contributed by atoms with Gasteiger partial charge >= 0.3 is 0 Å². The molecule has 0 aromatic heterocycles. The molecule has 0 radical (unpaired) electrons. The van der Waals surface area contributed by atoms with Crippen LogP contribution in [0, 0.1) is 5.41 Å². The summed E-state index contributed by atoms with van der Waals surface area (Å²) in [6.45, 7) is 5.64. The van der Waals surface area contributed by atoms with Crippen molar-refractivity contribution in [2.45, 2.75) is 45.6 Å². The zero-order chi connectivity index (χ0) is 12.0. The van der Waals surface area contributed by atoms with E-state index in [1.54, 1.807) is 0 Å². The van der Waals surface area contributed by atoms with Gasteiger partial charge in [0.2, 0.25) is 5.91 Å². The van der Waals surface area contributed by atoms with Crippen molar-refractivity contribution >= 4 is 5.91 Å². The number of carbonyl (C=O) groups excluding carboxylic acids is 1. The number of ether oxygens (including phenoxy) is 1. The molecule has 94 valence electrons. The van der Waals surface area contributed by atoms with Crippen LogP contribution >= 0.6 is 0 Å². The van der Waals surface area contributed by atoms with Gasteiger partial charge in [-0.3, -0.25) is 4.79 Å². The fraction of sp³-hybridized carbons (Fsp3) is 0.917. The Labute approximate surface area is 97.9 Å². The Kier molecular flexibility index (Phi) is 5.22. The molecule has 1 aliphatic carbocycles. The van der Waals surface area contributed by atoms with Crippen LogP contribution in [0.25, 0.3) is 0 Å². The smallest absolute Gasteiger partial charge is 0.227 e. The Morgan fingerprint density at radius 1 is 1.50 bits per heavy atom. The summed E-state index contributed by atoms with van der Waals surface area (Å²) < 4.78 is 5.38. The SMILES string of the molecule is CCOC(C)CNC(=O)C1(CN)CCCC1. The highest BCUT2D eigenvalue weighted by molar-refractivity contribution is 5.83. The average Bonchev–Trinajstić information content (AvgIpc) is 2.76. The molecule has 1 aliphatic rings. The maximum atomic E-state index is 12.1. The first-order chi connectivity index (χ1) is 7.64. The van der Waals surface area contributed by atoms with Gasteiger partial charge in [-0.1, -0.05) is 12.8 Å². The van der Waals surface area contributed by atoms with Gasteiger partial charge < -0.3 is 15.8 Å². The van der Waals surface area contributed by atoms with Crippen molar-refractivity contribution in [3.8, 4) is 0 Å². The van der Waals surface area contributed by atoms with Crippen LogP contribution in [0.15, 0.2) is 0 Å². The first-order valence-corrected chi connectivity index (χ1v) is 6.24. The van der Waals surface area contributed by atoms with E-state index < -0.39 is 0 Å². The zero-order valence-corrected chi connectivity index (χ0v) is 10.4. The van der Waals surface area contributed by atoms with E-state index in [0.29, 0.717) is 19.7 Å². The summed E-state index contributed by atoms with van der Waals surface area (Å²) in [4.78, 5) is 12.1. The molecule has 0 saturated heterocycles. The van der Waals surface area contributed by atoms with Gasteiger partial charge in [-0.2, -0.15) is 0 Å². The second-order valence-electron chi connectivity index (χ2n) is 4.67. The minimum atomic E-state index is -0.300. The molecule has 4 nitrogen and oxygen atoms in total. The van der Waals surface area contributed by atoms with E-state index in [-0.39, 0.29) is 17.4 Å². The van der Waals surface area contributed by atoms with Crippen LogP contribution in [0.1, 0.15) is 39.5 Å². The molecular weight excluding hydrogens is 204 g/mol. The van der Waals surface area contributed by atoms with E-state index in [2.05, 4.69) is 5.32 Å². The standard InChI is InChI=1S/C12H24N2O2/c1-3-16-10(2)8-14-11(15)12(9-13)6-4-5-7-12/h10H,3-9,13H2,1-2H3,(H,14,15). The Bertz CT molecular complexity index is 225. The molecule has 1 amide bonds. The lowest BCUT2D eigenvalue weighted by atomic mass is 9.85. The summed E-state index contributed by atoms with van der Waals surface area (Å²) >= 11 is 0. The summed E-state index contributed by atoms with van der Waals surface area (Å²) in [6.07, 6.45) is 4.17. The highest BCUT2D eigenvalue weighted by atomic mass is 16.5. The van der Waals surface area contributed by atoms with Gasteiger partial charge in [0, 0.05) is 19.7 Å². The van der Waals surface area contributed by atoms with Crippen LogP contribution < -0.4 is 11.1 Å². The average molecular weight is 228 g/mol. The van der Waals surface area contributed by atoms with Crippen molar-refractivity contribution in [1.82, 2.24) is 5.32 Å². The molecule has 1 fully saturated rings. The summed E-state index contributed by atoms with van der Waals surface area (Å²) in [5, 5.41) is 2.96. The molecule has 1 atom stereocenters. The van der Waals surface area contributed by atoms with Crippen molar-refractivity contribution in [1.29, 1.82) is 0 Å². The first-order valence-electron chi connectivity index (χ1n) is 6.24. The second kappa shape index (κ2) is 6.21. The maximum Gasteiger partial charge on any atom is 0.227 e. The topological polar surface area (TPSA) is 64.3 Å². The third kappa shape index (κ3) is 3.19. The fourth-order valence-corrected chi connectivity index (χ4v) is 2.34. The lowest BCUT2D eigenvalue weighted by molar-refractivity contribution is -0.130. The largest absolute Gasteiger partial charge is 0.377 e. The normalized spacial score (nSPS) is 20.7. The summed E-state index contributed by atoms with van der Waals surface area (Å²) in [6, 6.07) is 0. The van der Waals surface area contributed by atoms with Crippen LogP contribution in [0.2, 0.25) is 0 Å². The Morgan fingerprint density at radius 3 is 2.62 bits per heavy atom. The quantitative estimate of drug-likeness (QED) is 0.714. The van der Waals surface area contributed by atoms with Crippen LogP contribution in [-0.4, -0.2) is 31.7 Å². The van der Waals surface area contributed by atoms with Gasteiger partial charge in [0.1, 0.15) is 0 Å². The Hall–Kier alpha value is -0.610. The molecule has 1 rings (SSSR count). The van der Waals surface area contributed by atoms with E-state index in [4.69, 9.17) is 10.5 Å². The molecule has 16 heavy (non-hydrogen) atoms. The van der Waals surface area contributed by atoms with Crippen LogP contribution in [0.4, 0.5) is 0 Å². The molecule has 1 unspecified atom stereocenters. The van der Waals surface area contributed by atoms with Crippen molar-refractivity contribution in [2.75, 3.05) is 19.7 Å². The van der Waals surface area contributed by atoms with Gasteiger partial charge in [0.15, 0.2) is 0 Å². The van der Waals surface area contributed by atoms with E-state index >= 15 is 0 Å². The van der Waals surface area contributed by atoms with E-state index in [1.165, 1.54) is 0 Å². The molecule has 4 heteroatoms. The van der Waals surface area contributed by atoms with Crippen LogP contribution in [0.5, 0.6) is 0 Å². The highest BCUT2D eigenvalue weighted by Gasteiger charge is 2.39. The van der Waals surface area contributed by atoms with Gasteiger partial charge in [-0.15, -0.1) is 0 Å². The second-order valence-corrected chi connectivity index (χ2v) is 4.67. The Morgan fingerprint density at radius 2 is 2.12 bits per heavy atom. The maximum absolute atomic E-state index is 12.1. The molecule has 0 aromatic carbocycles. The molecule has 0 aromatic rings. The van der Waals surface area contributed by atoms with Gasteiger partial charge in [0.05, 0.1) is 11.5 Å². The monoisotopic (exact) mass is 228 g/mol. The highest BCUT2D eigenvalue weighted by Crippen LogP contribution is 2.37. The van der Waals surface area contributed by atoms with Crippen molar-refractivity contribution < 1.29 is 9.53 Å². The summed E-state index contributed by atoms with van der Waals surface area (Å²) in [5.41, 5.74) is 5.44. The number of carbonyl (C=O) groups is 1. The number of hydrogen-bond donors (Lipinski definition) is 2. The molecule has 3 N–H and O–H groups in total. The number of hydrogen-bond acceptors (Lipinski definition) is 3. The third-order valence-electron chi connectivity index (χ3n) is 3.43. The number of nitrogens with two attached hydrogens (primary N) is 1. The zero-order valence-electron chi connectivity index (χ0n) is 10.4. The van der Waals surface area contributed by atoms with Crippen LogP contribution in [-0.2, 0) is 9.53 Å². The van der Waals surface area contributed by atoms with E-state index in [1.807, 2.05) is 13.8 Å². The number of rotatable bonds is 6. The molecule has 0 bridgehead atoms. The van der Waals surface area contributed by atoms with Crippen molar-refractivity contribution in [3.05, 3.63) is 0 Å². The lowest BCUT2D eigenvalue weighted by Crippen LogP contribution is -2.46. The summed E-state index contributed by atoms with van der Waals surface area (Å²) in [5.74, 6) is 0.110. The first kappa shape index (κ1) is 13.5. The van der Waals surface area contributed by atoms with E-state index in [0.717, 1.165) is 25.7 Å². The lowest BCUT2D eigenvalue weighted by Gasteiger charge is -2.26. The fourth-order valence-electron chi connectivity index (χ4n) is 2.34. The third-order valence-corrected chi connectivity index (χ3v) is 3.43. The molecular formula is C12H24N2O2. The summed E-state index contributed by atoms with van der Waals surface area (Å²) in [7, 11) is 0. The molecule has 0 spiro atoms. The van der Waals surface area contributed by atoms with Crippen molar-refractivity contribution in [3.63, 3.8) is 0 Å². The van der Waals surface area contributed by atoms with Gasteiger partial charge in [-0.05, 0) is 26.7 Å².